The Labute approximate surface area is 94.1 Å². The molecule has 0 heterocycles. The molecule has 4 nitrogen and oxygen atoms in total. The van der Waals surface area contributed by atoms with E-state index in [-0.39, 0.29) is 18.2 Å². The highest BCUT2D eigenvalue weighted by molar-refractivity contribution is 5.99. The summed E-state index contributed by atoms with van der Waals surface area (Å²) >= 11 is 0. The quantitative estimate of drug-likeness (QED) is 0.729. The van der Waals surface area contributed by atoms with Crippen molar-refractivity contribution in [3.8, 4) is 0 Å². The molecule has 0 bridgehead atoms. The molecule has 0 saturated heterocycles. The molecule has 2 amide bonds. The molecule has 0 unspecified atom stereocenters. The smallest absolute Gasteiger partial charge is 0.247 e. The second kappa shape index (κ2) is 5.70. The van der Waals surface area contributed by atoms with Gasteiger partial charge in [0.15, 0.2) is 0 Å². The highest BCUT2D eigenvalue weighted by Gasteiger charge is 2.05. The fraction of sp³-hybridized carbons (Fsp3) is 0.167. The highest BCUT2D eigenvalue weighted by atomic mass is 16.1. The molecule has 0 aliphatic heterocycles. The summed E-state index contributed by atoms with van der Waals surface area (Å²) in [5.41, 5.74) is 6.65. The van der Waals surface area contributed by atoms with Gasteiger partial charge < -0.3 is 11.1 Å². The Morgan fingerprint density at radius 3 is 2.69 bits per heavy atom. The van der Waals surface area contributed by atoms with Crippen LogP contribution < -0.4 is 11.1 Å². The van der Waals surface area contributed by atoms with Gasteiger partial charge in [-0.3, -0.25) is 9.59 Å². The first-order valence-corrected chi connectivity index (χ1v) is 4.93. The van der Waals surface area contributed by atoms with Crippen molar-refractivity contribution in [2.24, 2.45) is 5.73 Å². The van der Waals surface area contributed by atoms with Crippen molar-refractivity contribution in [2.45, 2.75) is 12.8 Å². The number of nitrogens with two attached hydrogens (primary N) is 1. The van der Waals surface area contributed by atoms with E-state index in [0.717, 1.165) is 5.56 Å². The second-order valence-electron chi connectivity index (χ2n) is 3.32. The van der Waals surface area contributed by atoms with Gasteiger partial charge in [-0.05, 0) is 24.1 Å². The Balaban J connectivity index is 2.78. The molecule has 16 heavy (non-hydrogen) atoms. The molecule has 0 fully saturated rings. The number of hydrogen-bond donors (Lipinski definition) is 2. The zero-order valence-electron chi connectivity index (χ0n) is 8.90. The van der Waals surface area contributed by atoms with Crippen LogP contribution in [0.1, 0.15) is 12.0 Å². The van der Waals surface area contributed by atoms with Crippen molar-refractivity contribution >= 4 is 17.5 Å². The van der Waals surface area contributed by atoms with Gasteiger partial charge in [-0.2, -0.15) is 0 Å². The molecule has 0 aliphatic rings. The summed E-state index contributed by atoms with van der Waals surface area (Å²) in [5, 5.41) is 2.67. The minimum atomic E-state index is -0.357. The number of carbonyl (C=O) groups is 2. The van der Waals surface area contributed by atoms with E-state index in [2.05, 4.69) is 11.9 Å². The standard InChI is InChI=1S/C12H14N2O2/c1-2-12(16)14-10-6-4-3-5-9(10)7-8-11(13)15/h2-6H,1,7-8H2,(H2,13,15)(H,14,16). The summed E-state index contributed by atoms with van der Waals surface area (Å²) < 4.78 is 0. The van der Waals surface area contributed by atoms with Crippen LogP contribution in [0.3, 0.4) is 0 Å². The fourth-order valence-electron chi connectivity index (χ4n) is 1.30. The van der Waals surface area contributed by atoms with E-state index >= 15 is 0 Å². The lowest BCUT2D eigenvalue weighted by Crippen LogP contribution is -2.13. The number of amides is 2. The average Bonchev–Trinajstić information content (AvgIpc) is 2.27. The topological polar surface area (TPSA) is 72.2 Å². The van der Waals surface area contributed by atoms with Crippen LogP contribution in [0.25, 0.3) is 0 Å². The Hall–Kier alpha value is -2.10. The number of hydrogen-bond acceptors (Lipinski definition) is 2. The van der Waals surface area contributed by atoms with E-state index < -0.39 is 0 Å². The van der Waals surface area contributed by atoms with Crippen LogP contribution in [-0.4, -0.2) is 11.8 Å². The van der Waals surface area contributed by atoms with Gasteiger partial charge in [0.25, 0.3) is 0 Å². The Morgan fingerprint density at radius 1 is 1.38 bits per heavy atom. The van der Waals surface area contributed by atoms with Gasteiger partial charge in [0.2, 0.25) is 11.8 Å². The number of rotatable bonds is 5. The summed E-state index contributed by atoms with van der Waals surface area (Å²) in [6, 6.07) is 7.28. The zero-order chi connectivity index (χ0) is 12.0. The number of carbonyl (C=O) groups excluding carboxylic acids is 2. The van der Waals surface area contributed by atoms with Crippen molar-refractivity contribution in [2.75, 3.05) is 5.32 Å². The van der Waals surface area contributed by atoms with Crippen molar-refractivity contribution < 1.29 is 9.59 Å². The molecular weight excluding hydrogens is 204 g/mol. The molecule has 3 N–H and O–H groups in total. The molecule has 0 aliphatic carbocycles. The minimum Gasteiger partial charge on any atom is -0.370 e. The van der Waals surface area contributed by atoms with E-state index in [1.165, 1.54) is 6.08 Å². The molecular formula is C12H14N2O2. The van der Waals surface area contributed by atoms with Crippen molar-refractivity contribution in [1.29, 1.82) is 0 Å². The first-order valence-electron chi connectivity index (χ1n) is 4.93. The average molecular weight is 218 g/mol. The van der Waals surface area contributed by atoms with E-state index in [1.54, 1.807) is 6.07 Å². The second-order valence-corrected chi connectivity index (χ2v) is 3.32. The van der Waals surface area contributed by atoms with Gasteiger partial charge in [-0.15, -0.1) is 0 Å². The third kappa shape index (κ3) is 3.57. The molecule has 1 aromatic rings. The maximum absolute atomic E-state index is 11.2. The maximum Gasteiger partial charge on any atom is 0.247 e. The van der Waals surface area contributed by atoms with Crippen molar-refractivity contribution in [1.82, 2.24) is 0 Å². The summed E-state index contributed by atoms with van der Waals surface area (Å²) in [7, 11) is 0. The molecule has 1 rings (SSSR count). The molecule has 0 atom stereocenters. The fourth-order valence-corrected chi connectivity index (χ4v) is 1.30. The highest BCUT2D eigenvalue weighted by Crippen LogP contribution is 2.16. The number of benzene rings is 1. The molecule has 84 valence electrons. The van der Waals surface area contributed by atoms with E-state index in [4.69, 9.17) is 5.73 Å². The lowest BCUT2D eigenvalue weighted by molar-refractivity contribution is -0.118. The zero-order valence-corrected chi connectivity index (χ0v) is 8.90. The number of primary amides is 1. The first-order chi connectivity index (χ1) is 7.63. The van der Waals surface area contributed by atoms with Gasteiger partial charge in [-0.1, -0.05) is 24.8 Å². The summed E-state index contributed by atoms with van der Waals surface area (Å²) in [6.07, 6.45) is 1.98. The predicted molar refractivity (Wildman–Crippen MR) is 62.8 cm³/mol. The predicted octanol–water partition coefficient (Wildman–Crippen LogP) is 1.23. The lowest BCUT2D eigenvalue weighted by atomic mass is 10.1. The number of aryl methyl sites for hydroxylation is 1. The summed E-state index contributed by atoms with van der Waals surface area (Å²) in [6.45, 7) is 3.37. The first kappa shape index (κ1) is 12.0. The Bertz CT molecular complexity index is 413. The SMILES string of the molecule is C=CC(=O)Nc1ccccc1CCC(N)=O. The van der Waals surface area contributed by atoms with Gasteiger partial charge in [0.1, 0.15) is 0 Å². The van der Waals surface area contributed by atoms with Gasteiger partial charge >= 0.3 is 0 Å². The third-order valence-electron chi connectivity index (χ3n) is 2.10. The Morgan fingerprint density at radius 2 is 2.06 bits per heavy atom. The minimum absolute atomic E-state index is 0.265. The van der Waals surface area contributed by atoms with E-state index in [9.17, 15) is 9.59 Å². The van der Waals surface area contributed by atoms with Gasteiger partial charge in [0.05, 0.1) is 0 Å². The van der Waals surface area contributed by atoms with Crippen LogP contribution in [0.4, 0.5) is 5.69 Å². The lowest BCUT2D eigenvalue weighted by Gasteiger charge is -2.08. The van der Waals surface area contributed by atoms with E-state index in [0.29, 0.717) is 12.1 Å². The largest absolute Gasteiger partial charge is 0.370 e. The van der Waals surface area contributed by atoms with E-state index in [1.807, 2.05) is 18.2 Å². The van der Waals surface area contributed by atoms with Crippen molar-refractivity contribution in [3.05, 3.63) is 42.5 Å². The third-order valence-corrected chi connectivity index (χ3v) is 2.10. The normalized spacial score (nSPS) is 9.50. The van der Waals surface area contributed by atoms with Crippen LogP contribution in [0.5, 0.6) is 0 Å². The molecule has 0 saturated carbocycles. The van der Waals surface area contributed by atoms with Gasteiger partial charge in [-0.25, -0.2) is 0 Å². The number of nitrogens with one attached hydrogen (secondary N) is 1. The molecule has 0 spiro atoms. The summed E-state index contributed by atoms with van der Waals surface area (Å²) in [4.78, 5) is 21.8. The summed E-state index contributed by atoms with van der Waals surface area (Å²) in [5.74, 6) is -0.628. The molecule has 4 heteroatoms. The van der Waals surface area contributed by atoms with Crippen LogP contribution in [-0.2, 0) is 16.0 Å². The number of anilines is 1. The van der Waals surface area contributed by atoms with Crippen molar-refractivity contribution in [3.63, 3.8) is 0 Å². The molecule has 0 radical (unpaired) electrons. The van der Waals surface area contributed by atoms with Gasteiger partial charge in [0, 0.05) is 12.1 Å². The van der Waals surface area contributed by atoms with Crippen LogP contribution >= 0.6 is 0 Å². The monoisotopic (exact) mass is 218 g/mol. The Kier molecular flexibility index (Phi) is 4.27. The number of para-hydroxylation sites is 1. The molecule has 0 aromatic heterocycles. The van der Waals surface area contributed by atoms with Crippen LogP contribution in [0.15, 0.2) is 36.9 Å². The maximum atomic E-state index is 11.2. The van der Waals surface area contributed by atoms with Crippen LogP contribution in [0.2, 0.25) is 0 Å². The molecule has 1 aromatic carbocycles. The van der Waals surface area contributed by atoms with Crippen LogP contribution in [0, 0.1) is 0 Å².